The van der Waals surface area contributed by atoms with Crippen LogP contribution in [0.15, 0.2) is 10.5 Å². The van der Waals surface area contributed by atoms with Crippen molar-refractivity contribution in [2.45, 2.75) is 6.61 Å². The van der Waals surface area contributed by atoms with Gasteiger partial charge in [0.05, 0.1) is 4.47 Å². The average molecular weight is 259 g/mol. The number of halogens is 4. The van der Waals surface area contributed by atoms with Crippen LogP contribution >= 0.6 is 27.5 Å². The molecule has 0 amide bonds. The quantitative estimate of drug-likeness (QED) is 0.818. The van der Waals surface area contributed by atoms with Gasteiger partial charge in [-0.15, -0.1) is 10.2 Å². The van der Waals surface area contributed by atoms with E-state index < -0.39 is 6.61 Å². The lowest BCUT2D eigenvalue weighted by Gasteiger charge is -2.03. The fraction of sp³-hybridized carbons (Fsp3) is 0.200. The molecule has 0 saturated heterocycles. The smallest absolute Gasteiger partial charge is 0.388 e. The predicted molar refractivity (Wildman–Crippen MR) is 41.4 cm³/mol. The Morgan fingerprint density at radius 3 is 2.67 bits per heavy atom. The first-order valence-corrected chi connectivity index (χ1v) is 3.90. The van der Waals surface area contributed by atoms with Crippen molar-refractivity contribution in [1.29, 1.82) is 0 Å². The van der Waals surface area contributed by atoms with Crippen LogP contribution in [0.25, 0.3) is 0 Å². The van der Waals surface area contributed by atoms with Crippen molar-refractivity contribution < 1.29 is 13.5 Å². The number of ether oxygens (including phenoxy) is 1. The third-order valence-electron chi connectivity index (χ3n) is 0.887. The van der Waals surface area contributed by atoms with Crippen molar-refractivity contribution in [1.82, 2.24) is 10.2 Å². The summed E-state index contributed by atoms with van der Waals surface area (Å²) < 4.78 is 27.5. The summed E-state index contributed by atoms with van der Waals surface area (Å²) in [5.74, 6) is -0.283. The lowest BCUT2D eigenvalue weighted by Crippen LogP contribution is -2.04. The van der Waals surface area contributed by atoms with Crippen LogP contribution in [0.2, 0.25) is 5.15 Å². The molecule has 1 heterocycles. The van der Waals surface area contributed by atoms with E-state index in [0.29, 0.717) is 0 Å². The molecule has 0 aliphatic rings. The number of aromatic nitrogens is 2. The zero-order chi connectivity index (χ0) is 9.14. The Kier molecular flexibility index (Phi) is 3.16. The van der Waals surface area contributed by atoms with Crippen LogP contribution < -0.4 is 4.74 Å². The van der Waals surface area contributed by atoms with Crippen LogP contribution in [0.5, 0.6) is 5.88 Å². The maximum Gasteiger partial charge on any atom is 0.388 e. The lowest BCUT2D eigenvalue weighted by atomic mass is 10.6. The number of nitrogens with zero attached hydrogens (tertiary/aromatic N) is 2. The first-order valence-electron chi connectivity index (χ1n) is 2.73. The van der Waals surface area contributed by atoms with E-state index in [9.17, 15) is 8.78 Å². The van der Waals surface area contributed by atoms with E-state index in [0.717, 1.165) is 0 Å². The minimum Gasteiger partial charge on any atom is -0.414 e. The van der Waals surface area contributed by atoms with Gasteiger partial charge >= 0.3 is 6.61 Å². The van der Waals surface area contributed by atoms with Crippen molar-refractivity contribution in [3.05, 3.63) is 15.7 Å². The summed E-state index contributed by atoms with van der Waals surface area (Å²) in [4.78, 5) is 0. The molecule has 0 unspecified atom stereocenters. The Labute approximate surface area is 79.8 Å². The molecule has 3 nitrogen and oxygen atoms in total. The molecule has 1 rings (SSSR count). The second-order valence-corrected chi connectivity index (χ2v) is 2.94. The monoisotopic (exact) mass is 258 g/mol. The van der Waals surface area contributed by atoms with E-state index in [4.69, 9.17) is 11.6 Å². The topological polar surface area (TPSA) is 35.0 Å². The molecule has 0 aliphatic carbocycles. The number of hydrogen-bond donors (Lipinski definition) is 0. The molecule has 0 N–H and O–H groups in total. The summed E-state index contributed by atoms with van der Waals surface area (Å²) in [6.45, 7) is -2.92. The molecule has 0 saturated carbocycles. The standard InChI is InChI=1S/C5H2BrClF2N2O/c6-2-1-3(7)10-11-4(2)12-5(8)9/h1,5H. The first kappa shape index (κ1) is 9.60. The van der Waals surface area contributed by atoms with E-state index in [1.54, 1.807) is 0 Å². The minimum absolute atomic E-state index is 0.100. The largest absolute Gasteiger partial charge is 0.414 e. The zero-order valence-electron chi connectivity index (χ0n) is 5.47. The SMILES string of the molecule is FC(F)Oc1nnc(Cl)cc1Br. The van der Waals surface area contributed by atoms with Gasteiger partial charge in [0.25, 0.3) is 5.88 Å². The van der Waals surface area contributed by atoms with Crippen molar-refractivity contribution in [2.75, 3.05) is 0 Å². The molecule has 12 heavy (non-hydrogen) atoms. The minimum atomic E-state index is -2.92. The predicted octanol–water partition coefficient (Wildman–Crippen LogP) is 2.49. The highest BCUT2D eigenvalue weighted by atomic mass is 79.9. The van der Waals surface area contributed by atoms with Crippen LogP contribution in [-0.4, -0.2) is 16.8 Å². The van der Waals surface area contributed by atoms with Crippen LogP contribution in [0, 0.1) is 0 Å². The van der Waals surface area contributed by atoms with Gasteiger partial charge in [-0.25, -0.2) is 0 Å². The normalized spacial score (nSPS) is 10.4. The van der Waals surface area contributed by atoms with Gasteiger partial charge in [0.15, 0.2) is 5.15 Å². The van der Waals surface area contributed by atoms with E-state index in [1.807, 2.05) is 0 Å². The Bertz CT molecular complexity index is 286. The van der Waals surface area contributed by atoms with E-state index in [2.05, 4.69) is 30.9 Å². The Balaban J connectivity index is 2.86. The average Bonchev–Trinajstić information content (AvgIpc) is 1.94. The van der Waals surface area contributed by atoms with Crippen LogP contribution in [0.1, 0.15) is 0 Å². The van der Waals surface area contributed by atoms with Crippen molar-refractivity contribution in [2.24, 2.45) is 0 Å². The highest BCUT2D eigenvalue weighted by Crippen LogP contribution is 2.24. The van der Waals surface area contributed by atoms with Gasteiger partial charge in [0.2, 0.25) is 0 Å². The fourth-order valence-electron chi connectivity index (χ4n) is 0.500. The highest BCUT2D eigenvalue weighted by molar-refractivity contribution is 9.10. The van der Waals surface area contributed by atoms with Gasteiger partial charge < -0.3 is 4.74 Å². The zero-order valence-corrected chi connectivity index (χ0v) is 7.81. The number of alkyl halides is 2. The van der Waals surface area contributed by atoms with Crippen molar-refractivity contribution in [3.8, 4) is 5.88 Å². The highest BCUT2D eigenvalue weighted by Gasteiger charge is 2.10. The molecular weight excluding hydrogens is 257 g/mol. The van der Waals surface area contributed by atoms with Crippen LogP contribution in [0.4, 0.5) is 8.78 Å². The molecule has 66 valence electrons. The molecule has 1 aromatic heterocycles. The molecule has 0 spiro atoms. The summed E-state index contributed by atoms with van der Waals surface area (Å²) in [6.07, 6.45) is 0. The molecular formula is C5H2BrClF2N2O. The molecule has 0 bridgehead atoms. The maximum absolute atomic E-state index is 11.7. The Hall–Kier alpha value is -0.490. The fourth-order valence-corrected chi connectivity index (χ4v) is 1.17. The van der Waals surface area contributed by atoms with E-state index >= 15 is 0 Å². The molecule has 0 aliphatic heterocycles. The van der Waals surface area contributed by atoms with Crippen LogP contribution in [-0.2, 0) is 0 Å². The number of hydrogen-bond acceptors (Lipinski definition) is 3. The lowest BCUT2D eigenvalue weighted by molar-refractivity contribution is -0.0539. The number of rotatable bonds is 2. The Morgan fingerprint density at radius 1 is 1.50 bits per heavy atom. The summed E-state index contributed by atoms with van der Waals surface area (Å²) in [5, 5.41) is 6.71. The molecule has 0 atom stereocenters. The summed E-state index contributed by atoms with van der Waals surface area (Å²) >= 11 is 8.34. The summed E-state index contributed by atoms with van der Waals surface area (Å²) in [7, 11) is 0. The van der Waals surface area contributed by atoms with Gasteiger partial charge in [-0.2, -0.15) is 8.78 Å². The van der Waals surface area contributed by atoms with Crippen molar-refractivity contribution >= 4 is 27.5 Å². The van der Waals surface area contributed by atoms with Gasteiger partial charge in [-0.05, 0) is 22.0 Å². The third kappa shape index (κ3) is 2.53. The molecule has 0 fully saturated rings. The Morgan fingerprint density at radius 2 is 2.17 bits per heavy atom. The van der Waals surface area contributed by atoms with Gasteiger partial charge in [-0.1, -0.05) is 11.6 Å². The second-order valence-electron chi connectivity index (χ2n) is 1.70. The molecule has 0 radical (unpaired) electrons. The van der Waals surface area contributed by atoms with Crippen LogP contribution in [0.3, 0.4) is 0 Å². The second kappa shape index (κ2) is 3.95. The van der Waals surface area contributed by atoms with Crippen molar-refractivity contribution in [3.63, 3.8) is 0 Å². The molecule has 0 aromatic carbocycles. The maximum atomic E-state index is 11.7. The van der Waals surface area contributed by atoms with E-state index in [-0.39, 0.29) is 15.5 Å². The molecule has 1 aromatic rings. The summed E-state index contributed by atoms with van der Waals surface area (Å²) in [6, 6.07) is 1.31. The van der Waals surface area contributed by atoms with Gasteiger partial charge in [0.1, 0.15) is 0 Å². The summed E-state index contributed by atoms with van der Waals surface area (Å²) in [5.41, 5.74) is 0. The molecule has 7 heteroatoms. The first-order chi connectivity index (χ1) is 5.59. The van der Waals surface area contributed by atoms with E-state index in [1.165, 1.54) is 6.07 Å². The van der Waals surface area contributed by atoms with Gasteiger partial charge in [-0.3, -0.25) is 0 Å². The van der Waals surface area contributed by atoms with Gasteiger partial charge in [0, 0.05) is 0 Å². The third-order valence-corrected chi connectivity index (χ3v) is 1.64.